The van der Waals surface area contributed by atoms with E-state index < -0.39 is 10.7 Å². The number of nitrogens with zero attached hydrogens (tertiary/aromatic N) is 1. The molecule has 0 fully saturated rings. The fraction of sp³-hybridized carbons (Fsp3) is 0.188. The maximum Gasteiger partial charge on any atom is 0.269 e. The Morgan fingerprint density at radius 3 is 2.58 bits per heavy atom. The second kappa shape index (κ2) is 7.74. The first kappa shape index (κ1) is 17.7. The van der Waals surface area contributed by atoms with Gasteiger partial charge in [0.15, 0.2) is 6.61 Å². The summed E-state index contributed by atoms with van der Waals surface area (Å²) in [4.78, 5) is 21.9. The molecule has 2 aromatic rings. The van der Waals surface area contributed by atoms with Crippen LogP contribution in [0.5, 0.6) is 5.75 Å². The van der Waals surface area contributed by atoms with E-state index in [9.17, 15) is 19.3 Å². The number of nitrogens with one attached hydrogen (secondary N) is 1. The normalized spacial score (nSPS) is 11.6. The highest BCUT2D eigenvalue weighted by Crippen LogP contribution is 2.21. The molecule has 0 radical (unpaired) electrons. The van der Waals surface area contributed by atoms with Gasteiger partial charge in [0, 0.05) is 12.1 Å². The third-order valence-electron chi connectivity index (χ3n) is 3.24. The molecule has 1 unspecified atom stereocenters. The minimum atomic E-state index is -0.527. The zero-order valence-corrected chi connectivity index (χ0v) is 13.4. The number of ether oxygens (including phenoxy) is 1. The maximum absolute atomic E-state index is 13.1. The summed E-state index contributed by atoms with van der Waals surface area (Å²) in [5.74, 6) is -0.574. The lowest BCUT2D eigenvalue weighted by molar-refractivity contribution is -0.384. The highest BCUT2D eigenvalue weighted by molar-refractivity contribution is 6.30. The zero-order valence-electron chi connectivity index (χ0n) is 12.7. The zero-order chi connectivity index (χ0) is 17.7. The van der Waals surface area contributed by atoms with Crippen LogP contribution in [0.3, 0.4) is 0 Å². The van der Waals surface area contributed by atoms with Crippen molar-refractivity contribution in [2.75, 3.05) is 6.61 Å². The third kappa shape index (κ3) is 4.66. The molecule has 0 saturated carbocycles. The van der Waals surface area contributed by atoms with Crippen LogP contribution in [-0.4, -0.2) is 17.4 Å². The molecule has 0 bridgehead atoms. The van der Waals surface area contributed by atoms with Gasteiger partial charge >= 0.3 is 0 Å². The van der Waals surface area contributed by atoms with Crippen LogP contribution < -0.4 is 10.1 Å². The standard InChI is InChI=1S/C16H14ClFN2O4/c1-10(11-2-7-15(18)14(17)8-11)19-16(21)9-24-13-5-3-12(4-6-13)20(22)23/h2-8,10H,9H2,1H3,(H,19,21). The number of halogens is 2. The lowest BCUT2D eigenvalue weighted by atomic mass is 10.1. The Hall–Kier alpha value is -2.67. The first-order valence-electron chi connectivity index (χ1n) is 6.98. The summed E-state index contributed by atoms with van der Waals surface area (Å²) < 4.78 is 18.4. The lowest BCUT2D eigenvalue weighted by Crippen LogP contribution is -2.31. The largest absolute Gasteiger partial charge is 0.484 e. The molecule has 0 aliphatic carbocycles. The summed E-state index contributed by atoms with van der Waals surface area (Å²) in [6.07, 6.45) is 0. The fourth-order valence-corrected chi connectivity index (χ4v) is 2.15. The van der Waals surface area contributed by atoms with Crippen molar-refractivity contribution in [3.05, 3.63) is 69.0 Å². The molecule has 0 saturated heterocycles. The second-order valence-corrected chi connectivity index (χ2v) is 5.41. The van der Waals surface area contributed by atoms with E-state index in [1.165, 1.54) is 42.5 Å². The molecule has 0 aromatic heterocycles. The van der Waals surface area contributed by atoms with E-state index >= 15 is 0 Å². The predicted molar refractivity (Wildman–Crippen MR) is 86.6 cm³/mol. The van der Waals surface area contributed by atoms with Crippen molar-refractivity contribution in [1.82, 2.24) is 5.32 Å². The summed E-state index contributed by atoms with van der Waals surface area (Å²) >= 11 is 5.71. The highest BCUT2D eigenvalue weighted by atomic mass is 35.5. The van der Waals surface area contributed by atoms with Crippen LogP contribution in [0.4, 0.5) is 10.1 Å². The molecule has 0 aliphatic rings. The number of carbonyl (C=O) groups excluding carboxylic acids is 1. The Balaban J connectivity index is 1.88. The van der Waals surface area contributed by atoms with Gasteiger partial charge in [-0.05, 0) is 36.8 Å². The van der Waals surface area contributed by atoms with Crippen molar-refractivity contribution in [1.29, 1.82) is 0 Å². The topological polar surface area (TPSA) is 81.5 Å². The maximum atomic E-state index is 13.1. The van der Waals surface area contributed by atoms with Crippen molar-refractivity contribution in [3.63, 3.8) is 0 Å². The Kier molecular flexibility index (Phi) is 5.70. The van der Waals surface area contributed by atoms with Gasteiger partial charge in [-0.15, -0.1) is 0 Å². The van der Waals surface area contributed by atoms with Gasteiger partial charge in [0.1, 0.15) is 11.6 Å². The molecule has 1 N–H and O–H groups in total. The van der Waals surface area contributed by atoms with Crippen molar-refractivity contribution >= 4 is 23.2 Å². The van der Waals surface area contributed by atoms with Gasteiger partial charge in [-0.2, -0.15) is 0 Å². The molecular formula is C16H14ClFN2O4. The van der Waals surface area contributed by atoms with Gasteiger partial charge in [0.25, 0.3) is 11.6 Å². The van der Waals surface area contributed by atoms with Crippen LogP contribution in [0.15, 0.2) is 42.5 Å². The monoisotopic (exact) mass is 352 g/mol. The highest BCUT2D eigenvalue weighted by Gasteiger charge is 2.12. The number of rotatable bonds is 6. The van der Waals surface area contributed by atoms with Gasteiger partial charge in [-0.1, -0.05) is 17.7 Å². The number of amides is 1. The van der Waals surface area contributed by atoms with Crippen molar-refractivity contribution in [2.45, 2.75) is 13.0 Å². The number of hydrogen-bond donors (Lipinski definition) is 1. The minimum absolute atomic E-state index is 0.0178. The minimum Gasteiger partial charge on any atom is -0.484 e. The van der Waals surface area contributed by atoms with Crippen LogP contribution in [0, 0.1) is 15.9 Å². The number of non-ortho nitro benzene ring substituents is 1. The SMILES string of the molecule is CC(NC(=O)COc1ccc([N+](=O)[O-])cc1)c1ccc(F)c(Cl)c1. The molecule has 2 aromatic carbocycles. The molecule has 1 amide bonds. The first-order chi connectivity index (χ1) is 11.4. The van der Waals surface area contributed by atoms with Gasteiger partial charge in [-0.25, -0.2) is 4.39 Å². The average Bonchev–Trinajstić information content (AvgIpc) is 2.55. The smallest absolute Gasteiger partial charge is 0.269 e. The number of nitro benzene ring substituents is 1. The van der Waals surface area contributed by atoms with E-state index in [0.717, 1.165) is 0 Å². The van der Waals surface area contributed by atoms with Gasteiger partial charge in [-0.3, -0.25) is 14.9 Å². The van der Waals surface area contributed by atoms with Crippen molar-refractivity contribution < 1.29 is 18.8 Å². The number of nitro groups is 1. The molecule has 0 aliphatic heterocycles. The number of benzene rings is 2. The molecule has 0 spiro atoms. The molecule has 0 heterocycles. The van der Waals surface area contributed by atoms with Crippen LogP contribution in [0.25, 0.3) is 0 Å². The summed E-state index contributed by atoms with van der Waals surface area (Å²) in [7, 11) is 0. The Morgan fingerprint density at radius 1 is 1.33 bits per heavy atom. The quantitative estimate of drug-likeness (QED) is 0.635. The van der Waals surface area contributed by atoms with E-state index in [0.29, 0.717) is 11.3 Å². The third-order valence-corrected chi connectivity index (χ3v) is 3.53. The molecule has 8 heteroatoms. The molecule has 1 atom stereocenters. The fourth-order valence-electron chi connectivity index (χ4n) is 1.96. The molecular weight excluding hydrogens is 339 g/mol. The first-order valence-corrected chi connectivity index (χ1v) is 7.36. The Morgan fingerprint density at radius 2 is 2.00 bits per heavy atom. The van der Waals surface area contributed by atoms with Crippen LogP contribution in [-0.2, 0) is 4.79 Å². The Bertz CT molecular complexity index is 752. The molecule has 2 rings (SSSR count). The van der Waals surface area contributed by atoms with Gasteiger partial charge in [0.05, 0.1) is 16.0 Å². The van der Waals surface area contributed by atoms with Crippen LogP contribution in [0.2, 0.25) is 5.02 Å². The molecule has 24 heavy (non-hydrogen) atoms. The van der Waals surface area contributed by atoms with E-state index in [-0.39, 0.29) is 29.3 Å². The van der Waals surface area contributed by atoms with Crippen molar-refractivity contribution in [3.8, 4) is 5.75 Å². The second-order valence-electron chi connectivity index (χ2n) is 5.00. The van der Waals surface area contributed by atoms with Gasteiger partial charge in [0.2, 0.25) is 0 Å². The number of hydrogen-bond acceptors (Lipinski definition) is 4. The van der Waals surface area contributed by atoms with E-state index in [1.807, 2.05) is 0 Å². The molecule has 6 nitrogen and oxygen atoms in total. The van der Waals surface area contributed by atoms with E-state index in [1.54, 1.807) is 6.92 Å². The summed E-state index contributed by atoms with van der Waals surface area (Å²) in [6.45, 7) is 1.48. The predicted octanol–water partition coefficient (Wildman–Crippen LogP) is 3.64. The lowest BCUT2D eigenvalue weighted by Gasteiger charge is -2.15. The van der Waals surface area contributed by atoms with Crippen molar-refractivity contribution in [2.24, 2.45) is 0 Å². The Labute approximate surface area is 142 Å². The summed E-state index contributed by atoms with van der Waals surface area (Å²) in [5.41, 5.74) is 0.596. The average molecular weight is 353 g/mol. The molecule has 126 valence electrons. The van der Waals surface area contributed by atoms with Gasteiger partial charge < -0.3 is 10.1 Å². The summed E-state index contributed by atoms with van der Waals surface area (Å²) in [5, 5.41) is 13.2. The van der Waals surface area contributed by atoms with Crippen LogP contribution in [0.1, 0.15) is 18.5 Å². The number of carbonyl (C=O) groups is 1. The van der Waals surface area contributed by atoms with E-state index in [4.69, 9.17) is 16.3 Å². The van der Waals surface area contributed by atoms with Crippen LogP contribution >= 0.6 is 11.6 Å². The van der Waals surface area contributed by atoms with E-state index in [2.05, 4.69) is 5.32 Å². The summed E-state index contributed by atoms with van der Waals surface area (Å²) in [6, 6.07) is 9.22.